The molecule has 1 aromatic carbocycles. The number of hydrogen-bond acceptors (Lipinski definition) is 2. The Morgan fingerprint density at radius 1 is 1.19 bits per heavy atom. The molecule has 16 heavy (non-hydrogen) atoms. The van der Waals surface area contributed by atoms with Gasteiger partial charge in [-0.05, 0) is 24.1 Å². The number of ether oxygens (including phenoxy) is 2. The van der Waals surface area contributed by atoms with Gasteiger partial charge in [-0.3, -0.25) is 0 Å². The molecule has 0 N–H and O–H groups in total. The SMILES string of the molecule is COc1cc2c(cc1OC)[C@@H](C)[N-]CC2.[Ac]. The summed E-state index contributed by atoms with van der Waals surface area (Å²) in [5.41, 5.74) is 2.59. The molecule has 1 aliphatic heterocycles. The summed E-state index contributed by atoms with van der Waals surface area (Å²) in [5, 5.41) is 4.51. The van der Waals surface area contributed by atoms with Crippen LogP contribution in [0.5, 0.6) is 11.5 Å². The predicted octanol–water partition coefficient (Wildman–Crippen LogP) is 2.69. The van der Waals surface area contributed by atoms with Crippen LogP contribution >= 0.6 is 0 Å². The van der Waals surface area contributed by atoms with Gasteiger partial charge < -0.3 is 14.8 Å². The molecule has 2 rings (SSSR count). The van der Waals surface area contributed by atoms with Crippen molar-refractivity contribution >= 4 is 0 Å². The Morgan fingerprint density at radius 3 is 2.44 bits per heavy atom. The van der Waals surface area contributed by atoms with E-state index in [1.165, 1.54) is 11.1 Å². The molecule has 0 bridgehead atoms. The van der Waals surface area contributed by atoms with Crippen molar-refractivity contribution in [3.63, 3.8) is 0 Å². The molecule has 0 aliphatic carbocycles. The van der Waals surface area contributed by atoms with E-state index in [-0.39, 0.29) is 50.1 Å². The molecule has 1 aliphatic rings. The van der Waals surface area contributed by atoms with E-state index in [9.17, 15) is 0 Å². The van der Waals surface area contributed by atoms with E-state index in [0.29, 0.717) is 0 Å². The minimum Gasteiger partial charge on any atom is -0.656 e. The van der Waals surface area contributed by atoms with Crippen molar-refractivity contribution in [1.82, 2.24) is 0 Å². The van der Waals surface area contributed by atoms with Crippen LogP contribution in [0.2, 0.25) is 0 Å². The van der Waals surface area contributed by atoms with E-state index >= 15 is 0 Å². The molecule has 0 unspecified atom stereocenters. The number of hydrogen-bond donors (Lipinski definition) is 0. The predicted molar refractivity (Wildman–Crippen MR) is 59.9 cm³/mol. The summed E-state index contributed by atoms with van der Waals surface area (Å²) in [6.45, 7) is 3.02. The van der Waals surface area contributed by atoms with Crippen LogP contribution in [-0.4, -0.2) is 20.8 Å². The van der Waals surface area contributed by atoms with Crippen molar-refractivity contribution < 1.29 is 53.5 Å². The first kappa shape index (κ1) is 14.3. The third-order valence-corrected chi connectivity index (χ3v) is 2.88. The second-order valence-corrected chi connectivity index (χ2v) is 3.74. The van der Waals surface area contributed by atoms with Gasteiger partial charge in [0.15, 0.2) is 11.5 Å². The van der Waals surface area contributed by atoms with Crippen LogP contribution in [0.15, 0.2) is 12.1 Å². The summed E-state index contributed by atoms with van der Waals surface area (Å²) in [5.74, 6) is 1.60. The zero-order valence-corrected chi connectivity index (χ0v) is 14.7. The van der Waals surface area contributed by atoms with E-state index in [0.717, 1.165) is 24.5 Å². The molecule has 1 atom stereocenters. The molecule has 0 saturated heterocycles. The molecule has 0 amide bonds. The smallest absolute Gasteiger partial charge is 0.161 e. The fraction of sp³-hybridized carbons (Fsp3) is 0.500. The largest absolute Gasteiger partial charge is 0.656 e. The monoisotopic (exact) mass is 433 g/mol. The maximum absolute atomic E-state index is 5.28. The van der Waals surface area contributed by atoms with Crippen molar-refractivity contribution in [2.24, 2.45) is 0 Å². The Labute approximate surface area is 132 Å². The van der Waals surface area contributed by atoms with Crippen LogP contribution in [0.3, 0.4) is 0 Å². The van der Waals surface area contributed by atoms with Crippen LogP contribution in [-0.2, 0) is 6.42 Å². The minimum absolute atomic E-state index is 0. The fourth-order valence-corrected chi connectivity index (χ4v) is 2.02. The Kier molecular flexibility index (Phi) is 5.57. The summed E-state index contributed by atoms with van der Waals surface area (Å²) in [6, 6.07) is 4.38. The second-order valence-electron chi connectivity index (χ2n) is 3.74. The number of rotatable bonds is 2. The van der Waals surface area contributed by atoms with Gasteiger partial charge in [0.05, 0.1) is 14.2 Å². The number of benzene rings is 1. The summed E-state index contributed by atoms with van der Waals surface area (Å²) in [6.07, 6.45) is 1.00. The molecule has 1 radical (unpaired) electrons. The molecule has 4 heteroatoms. The zero-order valence-electron chi connectivity index (χ0n) is 9.99. The van der Waals surface area contributed by atoms with Crippen LogP contribution in [0, 0.1) is 44.1 Å². The van der Waals surface area contributed by atoms with E-state index in [2.05, 4.69) is 18.3 Å². The molecule has 1 aromatic rings. The summed E-state index contributed by atoms with van der Waals surface area (Å²) in [7, 11) is 3.33. The Bertz CT molecular complexity index is 368. The Hall–Kier alpha value is 0.222. The van der Waals surface area contributed by atoms with Gasteiger partial charge in [0.25, 0.3) is 0 Å². The van der Waals surface area contributed by atoms with Crippen LogP contribution < -0.4 is 9.47 Å². The first-order valence-electron chi connectivity index (χ1n) is 5.17. The summed E-state index contributed by atoms with van der Waals surface area (Å²) in [4.78, 5) is 0. The number of methoxy groups -OCH3 is 2. The summed E-state index contributed by atoms with van der Waals surface area (Å²) >= 11 is 0. The van der Waals surface area contributed by atoms with Gasteiger partial charge in [0, 0.05) is 44.1 Å². The third kappa shape index (κ3) is 2.72. The molecule has 3 nitrogen and oxygen atoms in total. The quantitative estimate of drug-likeness (QED) is 0.719. The molecule has 85 valence electrons. The van der Waals surface area contributed by atoms with E-state index in [4.69, 9.17) is 9.47 Å². The van der Waals surface area contributed by atoms with Gasteiger partial charge in [0.1, 0.15) is 0 Å². The maximum Gasteiger partial charge on any atom is 0.161 e. The third-order valence-electron chi connectivity index (χ3n) is 2.88. The van der Waals surface area contributed by atoms with Crippen molar-refractivity contribution in [2.45, 2.75) is 19.4 Å². The van der Waals surface area contributed by atoms with Gasteiger partial charge in [-0.15, -0.1) is 12.6 Å². The molecular weight excluding hydrogens is 417 g/mol. The standard InChI is InChI=1S/C12H16NO2.Ac/c1-8-10-7-12(15-3)11(14-2)6-9(10)4-5-13-8;/h6-8H,4-5H2,1-3H3;/q-1;/t8-;/m1./s1. The van der Waals surface area contributed by atoms with Crippen molar-refractivity contribution in [3.8, 4) is 11.5 Å². The van der Waals surface area contributed by atoms with Crippen molar-refractivity contribution in [3.05, 3.63) is 28.6 Å². The van der Waals surface area contributed by atoms with Gasteiger partial charge >= 0.3 is 0 Å². The Balaban J connectivity index is 0.00000128. The zero-order chi connectivity index (χ0) is 10.8. The topological polar surface area (TPSA) is 32.6 Å². The average Bonchev–Trinajstić information content (AvgIpc) is 2.28. The molecule has 1 heterocycles. The first-order chi connectivity index (χ1) is 7.26. The van der Waals surface area contributed by atoms with Crippen molar-refractivity contribution in [1.29, 1.82) is 0 Å². The van der Waals surface area contributed by atoms with Gasteiger partial charge in [-0.25, -0.2) is 0 Å². The first-order valence-corrected chi connectivity index (χ1v) is 5.17. The van der Waals surface area contributed by atoms with Crippen LogP contribution in [0.25, 0.3) is 5.32 Å². The van der Waals surface area contributed by atoms with E-state index in [1.807, 2.05) is 6.07 Å². The second kappa shape index (κ2) is 6.23. The van der Waals surface area contributed by atoms with E-state index in [1.54, 1.807) is 14.2 Å². The van der Waals surface area contributed by atoms with Crippen LogP contribution in [0.1, 0.15) is 24.1 Å². The number of fused-ring (bicyclic) bond motifs is 1. The molecular formula is C12H16AcNO2-. The minimum atomic E-state index is 0. The fourth-order valence-electron chi connectivity index (χ4n) is 2.02. The molecule has 0 aromatic heterocycles. The van der Waals surface area contributed by atoms with E-state index < -0.39 is 0 Å². The number of nitrogens with zero attached hydrogens (tertiary/aromatic N) is 1. The van der Waals surface area contributed by atoms with Gasteiger partial charge in [0.2, 0.25) is 0 Å². The normalized spacial score (nSPS) is 18.3. The average molecular weight is 433 g/mol. The maximum atomic E-state index is 5.28. The molecule has 0 fully saturated rings. The summed E-state index contributed by atoms with van der Waals surface area (Å²) < 4.78 is 10.6. The van der Waals surface area contributed by atoms with Gasteiger partial charge in [-0.2, -0.15) is 0 Å². The molecule has 0 saturated carbocycles. The van der Waals surface area contributed by atoms with Crippen molar-refractivity contribution in [2.75, 3.05) is 20.8 Å². The Morgan fingerprint density at radius 2 is 1.81 bits per heavy atom. The van der Waals surface area contributed by atoms with Crippen LogP contribution in [0.4, 0.5) is 0 Å². The molecule has 0 spiro atoms. The van der Waals surface area contributed by atoms with Gasteiger partial charge in [-0.1, -0.05) is 12.5 Å².